The van der Waals surface area contributed by atoms with Crippen molar-refractivity contribution >= 4 is 17.2 Å². The monoisotopic (exact) mass is 294 g/mol. The number of nitrogens with one attached hydrogen (secondary N) is 1. The van der Waals surface area contributed by atoms with Crippen LogP contribution < -0.4 is 5.32 Å². The molecule has 0 spiro atoms. The molecule has 112 valence electrons. The molecule has 2 unspecified atom stereocenters. The Morgan fingerprint density at radius 3 is 2.75 bits per heavy atom. The average Bonchev–Trinajstić information content (AvgIpc) is 3.05. The molecule has 2 atom stereocenters. The van der Waals surface area contributed by atoms with Crippen LogP contribution >= 0.6 is 11.3 Å². The van der Waals surface area contributed by atoms with Gasteiger partial charge in [0.05, 0.1) is 5.54 Å². The van der Waals surface area contributed by atoms with Gasteiger partial charge in [-0.25, -0.2) is 0 Å². The van der Waals surface area contributed by atoms with Crippen molar-refractivity contribution in [2.75, 3.05) is 6.54 Å². The highest BCUT2D eigenvalue weighted by Crippen LogP contribution is 2.34. The molecule has 4 heteroatoms. The fourth-order valence-corrected chi connectivity index (χ4v) is 3.53. The van der Waals surface area contributed by atoms with E-state index in [-0.39, 0.29) is 12.1 Å². The van der Waals surface area contributed by atoms with E-state index in [1.807, 2.05) is 11.8 Å². The third kappa shape index (κ3) is 3.07. The summed E-state index contributed by atoms with van der Waals surface area (Å²) in [5, 5.41) is 5.63. The molecule has 2 rings (SSSR count). The maximum absolute atomic E-state index is 12.7. The van der Waals surface area contributed by atoms with Gasteiger partial charge < -0.3 is 4.90 Å². The van der Waals surface area contributed by atoms with Gasteiger partial charge in [0.25, 0.3) is 0 Å². The molecule has 0 aromatic carbocycles. The normalized spacial score (nSPS) is 26.4. The summed E-state index contributed by atoms with van der Waals surface area (Å²) in [7, 11) is 0. The zero-order valence-corrected chi connectivity index (χ0v) is 13.6. The highest BCUT2D eigenvalue weighted by atomic mass is 32.1. The Hall–Kier alpha value is -0.870. The molecule has 1 aliphatic heterocycles. The lowest BCUT2D eigenvalue weighted by Gasteiger charge is -2.23. The van der Waals surface area contributed by atoms with Crippen molar-refractivity contribution in [3.8, 4) is 0 Å². The molecule has 0 aliphatic carbocycles. The van der Waals surface area contributed by atoms with E-state index < -0.39 is 5.54 Å². The summed E-state index contributed by atoms with van der Waals surface area (Å²) in [5.74, 6) is 0.259. The molecule has 1 N–H and O–H groups in total. The standard InChI is InChI=1S/C16H26N2OS/c1-4-6-7-8-11-18-14(13-10-9-12-20-13)17-16(3,5-2)15(18)19/h9-10,12,14,17H,4-8,11H2,1-3H3. The number of carbonyl (C=O) groups excluding carboxylic acids is 1. The lowest BCUT2D eigenvalue weighted by Crippen LogP contribution is -2.43. The lowest BCUT2D eigenvalue weighted by atomic mass is 9.99. The number of thiophene rings is 1. The van der Waals surface area contributed by atoms with Gasteiger partial charge in [-0.1, -0.05) is 39.2 Å². The van der Waals surface area contributed by atoms with Crippen LogP contribution in [-0.2, 0) is 4.79 Å². The smallest absolute Gasteiger partial charge is 0.244 e. The summed E-state index contributed by atoms with van der Waals surface area (Å²) in [6, 6.07) is 4.18. The maximum atomic E-state index is 12.7. The van der Waals surface area contributed by atoms with Gasteiger partial charge in [0.15, 0.2) is 0 Å². The molecule has 3 nitrogen and oxygen atoms in total. The van der Waals surface area contributed by atoms with Crippen LogP contribution in [0.3, 0.4) is 0 Å². The van der Waals surface area contributed by atoms with Crippen molar-refractivity contribution < 1.29 is 4.79 Å². The first-order valence-electron chi connectivity index (χ1n) is 7.74. The third-order valence-electron chi connectivity index (χ3n) is 4.27. The quantitative estimate of drug-likeness (QED) is 0.773. The van der Waals surface area contributed by atoms with Crippen LogP contribution in [0.5, 0.6) is 0 Å². The van der Waals surface area contributed by atoms with Gasteiger partial charge in [-0.15, -0.1) is 11.3 Å². The van der Waals surface area contributed by atoms with E-state index in [2.05, 4.69) is 36.7 Å². The van der Waals surface area contributed by atoms with Gasteiger partial charge in [-0.3, -0.25) is 10.1 Å². The minimum atomic E-state index is -0.403. The molecule has 0 bridgehead atoms. The van der Waals surface area contributed by atoms with Crippen molar-refractivity contribution in [3.63, 3.8) is 0 Å². The summed E-state index contributed by atoms with van der Waals surface area (Å²) in [6.45, 7) is 7.19. The molecule has 1 aromatic rings. The Kier molecular flexibility index (Phi) is 5.22. The van der Waals surface area contributed by atoms with E-state index >= 15 is 0 Å². The zero-order chi connectivity index (χ0) is 14.6. The highest BCUT2D eigenvalue weighted by molar-refractivity contribution is 7.10. The first kappa shape index (κ1) is 15.5. The number of amides is 1. The summed E-state index contributed by atoms with van der Waals surface area (Å²) < 4.78 is 0. The van der Waals surface area contributed by atoms with E-state index in [0.29, 0.717) is 0 Å². The predicted molar refractivity (Wildman–Crippen MR) is 84.7 cm³/mol. The maximum Gasteiger partial charge on any atom is 0.244 e. The molecular weight excluding hydrogens is 268 g/mol. The average molecular weight is 294 g/mol. The predicted octanol–water partition coefficient (Wildman–Crippen LogP) is 3.93. The third-order valence-corrected chi connectivity index (χ3v) is 5.20. The summed E-state index contributed by atoms with van der Waals surface area (Å²) in [4.78, 5) is 16.0. The van der Waals surface area contributed by atoms with E-state index in [1.54, 1.807) is 11.3 Å². The van der Waals surface area contributed by atoms with Crippen molar-refractivity contribution in [1.29, 1.82) is 0 Å². The Morgan fingerprint density at radius 1 is 1.35 bits per heavy atom. The minimum Gasteiger partial charge on any atom is -0.320 e. The van der Waals surface area contributed by atoms with Crippen molar-refractivity contribution in [1.82, 2.24) is 10.2 Å². The van der Waals surface area contributed by atoms with Crippen LogP contribution in [0.2, 0.25) is 0 Å². The molecule has 1 aromatic heterocycles. The van der Waals surface area contributed by atoms with E-state index in [1.165, 1.54) is 24.1 Å². The Morgan fingerprint density at radius 2 is 2.15 bits per heavy atom. The molecule has 1 aliphatic rings. The molecule has 1 saturated heterocycles. The van der Waals surface area contributed by atoms with Crippen molar-refractivity contribution in [2.24, 2.45) is 0 Å². The van der Waals surface area contributed by atoms with Crippen LogP contribution in [0.1, 0.15) is 63.9 Å². The second-order valence-electron chi connectivity index (χ2n) is 5.81. The zero-order valence-electron chi connectivity index (χ0n) is 12.8. The highest BCUT2D eigenvalue weighted by Gasteiger charge is 2.47. The second kappa shape index (κ2) is 6.72. The van der Waals surface area contributed by atoms with Crippen LogP contribution in [0.4, 0.5) is 0 Å². The number of nitrogens with zero attached hydrogens (tertiary/aromatic N) is 1. The molecule has 20 heavy (non-hydrogen) atoms. The Labute approximate surface area is 126 Å². The lowest BCUT2D eigenvalue weighted by molar-refractivity contribution is -0.133. The number of hydrogen-bond donors (Lipinski definition) is 1. The summed E-state index contributed by atoms with van der Waals surface area (Å²) in [5.41, 5.74) is -0.403. The van der Waals surface area contributed by atoms with Gasteiger partial charge in [0, 0.05) is 11.4 Å². The van der Waals surface area contributed by atoms with Gasteiger partial charge in [0.2, 0.25) is 5.91 Å². The van der Waals surface area contributed by atoms with Crippen LogP contribution in [0, 0.1) is 0 Å². The molecule has 0 radical (unpaired) electrons. The van der Waals surface area contributed by atoms with Crippen molar-refractivity contribution in [3.05, 3.63) is 22.4 Å². The Bertz CT molecular complexity index is 432. The van der Waals surface area contributed by atoms with Crippen LogP contribution in [0.15, 0.2) is 17.5 Å². The second-order valence-corrected chi connectivity index (χ2v) is 6.79. The molecule has 2 heterocycles. The number of hydrogen-bond acceptors (Lipinski definition) is 3. The van der Waals surface area contributed by atoms with Crippen molar-refractivity contribution in [2.45, 2.75) is 64.6 Å². The number of carbonyl (C=O) groups is 1. The van der Waals surface area contributed by atoms with Gasteiger partial charge in [-0.2, -0.15) is 0 Å². The van der Waals surface area contributed by atoms with Gasteiger partial charge >= 0.3 is 0 Å². The van der Waals surface area contributed by atoms with Crippen LogP contribution in [0.25, 0.3) is 0 Å². The van der Waals surface area contributed by atoms with Gasteiger partial charge in [-0.05, 0) is 31.2 Å². The van der Waals surface area contributed by atoms with E-state index in [4.69, 9.17) is 0 Å². The SMILES string of the molecule is CCCCCCN1C(=O)C(C)(CC)NC1c1cccs1. The minimum absolute atomic E-state index is 0.0640. The summed E-state index contributed by atoms with van der Waals surface area (Å²) >= 11 is 1.72. The summed E-state index contributed by atoms with van der Waals surface area (Å²) in [6.07, 6.45) is 5.69. The number of unbranched alkanes of at least 4 members (excludes halogenated alkanes) is 3. The van der Waals surface area contributed by atoms with E-state index in [9.17, 15) is 4.79 Å². The fraction of sp³-hybridized carbons (Fsp3) is 0.688. The fourth-order valence-electron chi connectivity index (χ4n) is 2.74. The van der Waals surface area contributed by atoms with Crippen LogP contribution in [-0.4, -0.2) is 22.9 Å². The molecule has 0 saturated carbocycles. The molecule has 1 amide bonds. The molecular formula is C16H26N2OS. The number of rotatable bonds is 7. The van der Waals surface area contributed by atoms with Gasteiger partial charge in [0.1, 0.15) is 6.17 Å². The van der Waals surface area contributed by atoms with E-state index in [0.717, 1.165) is 19.4 Å². The first-order valence-corrected chi connectivity index (χ1v) is 8.62. The largest absolute Gasteiger partial charge is 0.320 e. The molecule has 1 fully saturated rings. The first-order chi connectivity index (χ1) is 9.62. The Balaban J connectivity index is 2.09. The topological polar surface area (TPSA) is 32.3 Å².